The van der Waals surface area contributed by atoms with Gasteiger partial charge >= 0.3 is 17.9 Å². The van der Waals surface area contributed by atoms with Gasteiger partial charge in [-0.25, -0.2) is 0 Å². The van der Waals surface area contributed by atoms with Crippen LogP contribution >= 0.6 is 0 Å². The minimum Gasteiger partial charge on any atom is -0.481 e. The molecule has 0 bridgehead atoms. The van der Waals surface area contributed by atoms with Crippen LogP contribution < -0.4 is 0 Å². The molecule has 0 amide bonds. The second-order valence-electron chi connectivity index (χ2n) is 14.1. The summed E-state index contributed by atoms with van der Waals surface area (Å²) in [5, 5.41) is 26.6. The summed E-state index contributed by atoms with van der Waals surface area (Å²) < 4.78 is 0. The smallest absolute Gasteiger partial charge is 0.309 e. The van der Waals surface area contributed by atoms with Gasteiger partial charge in [0.1, 0.15) is 0 Å². The molecule has 7 heteroatoms. The molecule has 0 rings (SSSR count). The van der Waals surface area contributed by atoms with Crippen molar-refractivity contribution in [1.29, 1.82) is 0 Å². The van der Waals surface area contributed by atoms with Crippen molar-refractivity contribution in [2.45, 2.75) is 197 Å². The van der Waals surface area contributed by atoms with Crippen molar-refractivity contribution >= 4 is 17.9 Å². The molecule has 0 aliphatic heterocycles. The Kier molecular flexibility index (Phi) is 35.1. The van der Waals surface area contributed by atoms with Gasteiger partial charge in [0.15, 0.2) is 0 Å². The second kappa shape index (κ2) is 30.4. The van der Waals surface area contributed by atoms with Crippen LogP contribution in [0.2, 0.25) is 0 Å². The first-order valence-electron chi connectivity index (χ1n) is 17.2. The largest absolute Gasteiger partial charge is 0.481 e. The molecule has 0 heterocycles. The van der Waals surface area contributed by atoms with E-state index in [0.717, 1.165) is 38.5 Å². The minimum atomic E-state index is -0.675. The number of hydrogen-bond acceptors (Lipinski definition) is 3. The van der Waals surface area contributed by atoms with E-state index in [1.54, 1.807) is 41.5 Å². The van der Waals surface area contributed by atoms with Crippen LogP contribution in [-0.4, -0.2) is 33.2 Å². The van der Waals surface area contributed by atoms with Crippen LogP contribution in [0.3, 0.4) is 0 Å². The Morgan fingerprint density at radius 2 is 0.535 bits per heavy atom. The number of carbonyl (C=O) groups is 3. The average molecular weight is 745 g/mol. The fourth-order valence-corrected chi connectivity index (χ4v) is 4.36. The summed E-state index contributed by atoms with van der Waals surface area (Å²) in [5.74, 6) is -2.02. The predicted octanol–water partition coefficient (Wildman–Crippen LogP) is 11.5. The molecule has 6 nitrogen and oxygen atoms in total. The summed E-state index contributed by atoms with van der Waals surface area (Å²) in [4.78, 5) is 32.4. The standard InChI is InChI=1S/3C12H24O2.Nd/c3*1-4-5-6-7-8-9-10-12(2,3)11(13)14;/h3*4-10H2,1-3H3,(H,13,14);. The summed E-state index contributed by atoms with van der Waals surface area (Å²) in [6.45, 7) is 17.4. The van der Waals surface area contributed by atoms with Crippen LogP contribution in [0, 0.1) is 57.1 Å². The van der Waals surface area contributed by atoms with Crippen molar-refractivity contribution in [3.8, 4) is 0 Å². The third-order valence-corrected chi connectivity index (χ3v) is 8.20. The van der Waals surface area contributed by atoms with Crippen LogP contribution in [0.4, 0.5) is 0 Å². The van der Waals surface area contributed by atoms with E-state index >= 15 is 0 Å². The summed E-state index contributed by atoms with van der Waals surface area (Å²) in [5.41, 5.74) is -1.61. The SMILES string of the molecule is CCCCCCCCC(C)(C)C(=O)O.CCCCCCCCC(C)(C)C(=O)O.CCCCCCCCC(C)(C)C(=O)O.[Nd]. The average Bonchev–Trinajstić information content (AvgIpc) is 2.90. The topological polar surface area (TPSA) is 112 Å². The Bertz CT molecular complexity index is 582. The molecule has 0 fully saturated rings. The molecule has 0 aromatic heterocycles. The molecule has 256 valence electrons. The number of aliphatic carboxylic acids is 3. The van der Waals surface area contributed by atoms with Gasteiger partial charge in [-0.15, -0.1) is 0 Å². The number of hydrogen-bond donors (Lipinski definition) is 3. The normalized spacial score (nSPS) is 11.4. The molecule has 43 heavy (non-hydrogen) atoms. The fourth-order valence-electron chi connectivity index (χ4n) is 4.36. The molecule has 0 spiro atoms. The molecule has 3 N–H and O–H groups in total. The molecule has 0 aromatic carbocycles. The Balaban J connectivity index is -0.000000262. The van der Waals surface area contributed by atoms with Gasteiger partial charge < -0.3 is 15.3 Å². The van der Waals surface area contributed by atoms with Crippen LogP contribution in [-0.2, 0) is 14.4 Å². The monoisotopic (exact) mass is 742 g/mol. The van der Waals surface area contributed by atoms with Gasteiger partial charge in [0.05, 0.1) is 16.2 Å². The van der Waals surface area contributed by atoms with E-state index in [0.29, 0.717) is 0 Å². The van der Waals surface area contributed by atoms with E-state index in [-0.39, 0.29) is 40.8 Å². The molecule has 0 unspecified atom stereocenters. The molecule has 0 saturated carbocycles. The Labute approximate surface area is 299 Å². The van der Waals surface area contributed by atoms with Crippen LogP contribution in [0.5, 0.6) is 0 Å². The van der Waals surface area contributed by atoms with E-state index in [4.69, 9.17) is 15.3 Å². The van der Waals surface area contributed by atoms with Crippen LogP contribution in [0.1, 0.15) is 197 Å². The molecule has 0 saturated heterocycles. The van der Waals surface area contributed by atoms with Gasteiger partial charge in [-0.2, -0.15) is 0 Å². The van der Waals surface area contributed by atoms with E-state index in [9.17, 15) is 14.4 Å². The second-order valence-corrected chi connectivity index (χ2v) is 14.1. The van der Waals surface area contributed by atoms with E-state index in [1.807, 2.05) is 0 Å². The maximum Gasteiger partial charge on any atom is 0.309 e. The molecule has 0 aliphatic carbocycles. The zero-order valence-corrected chi connectivity index (χ0v) is 33.1. The molecule has 0 radical (unpaired) electrons. The van der Waals surface area contributed by atoms with Crippen molar-refractivity contribution in [2.24, 2.45) is 16.2 Å². The van der Waals surface area contributed by atoms with Gasteiger partial charge in [0.2, 0.25) is 0 Å². The number of carboxylic acid groups (broad SMARTS) is 3. The first-order chi connectivity index (χ1) is 19.5. The quantitative estimate of drug-likeness (QED) is 0.0848. The molecule has 0 aliphatic rings. The summed E-state index contributed by atoms with van der Waals surface area (Å²) in [6.07, 6.45) is 24.4. The molecular weight excluding hydrogens is 673 g/mol. The van der Waals surface area contributed by atoms with Gasteiger partial charge in [-0.1, -0.05) is 136 Å². The Hall–Kier alpha value is -0.239. The summed E-state index contributed by atoms with van der Waals surface area (Å²) in [7, 11) is 0. The minimum absolute atomic E-state index is 0. The zero-order valence-electron chi connectivity index (χ0n) is 29.9. The third-order valence-electron chi connectivity index (χ3n) is 8.20. The van der Waals surface area contributed by atoms with Gasteiger partial charge in [-0.05, 0) is 60.8 Å². The van der Waals surface area contributed by atoms with Gasteiger partial charge in [0.25, 0.3) is 0 Å². The predicted molar refractivity (Wildman–Crippen MR) is 178 cm³/mol. The molecule has 0 aromatic rings. The van der Waals surface area contributed by atoms with E-state index in [2.05, 4.69) is 20.8 Å². The van der Waals surface area contributed by atoms with Crippen molar-refractivity contribution in [3.05, 3.63) is 0 Å². The number of rotatable bonds is 24. The van der Waals surface area contributed by atoms with Crippen LogP contribution in [0.15, 0.2) is 0 Å². The maximum atomic E-state index is 10.8. The summed E-state index contributed by atoms with van der Waals surface area (Å²) in [6, 6.07) is 0. The van der Waals surface area contributed by atoms with Crippen molar-refractivity contribution < 1.29 is 70.5 Å². The zero-order chi connectivity index (χ0) is 33.1. The fraction of sp³-hybridized carbons (Fsp3) is 0.917. The third kappa shape index (κ3) is 33.0. The van der Waals surface area contributed by atoms with Gasteiger partial charge in [0, 0.05) is 40.8 Å². The van der Waals surface area contributed by atoms with Gasteiger partial charge in [-0.3, -0.25) is 14.4 Å². The van der Waals surface area contributed by atoms with Crippen LogP contribution in [0.25, 0.3) is 0 Å². The molecule has 0 atom stereocenters. The Morgan fingerprint density at radius 3 is 0.698 bits per heavy atom. The van der Waals surface area contributed by atoms with E-state index < -0.39 is 34.2 Å². The van der Waals surface area contributed by atoms with E-state index in [1.165, 1.54) is 96.3 Å². The van der Waals surface area contributed by atoms with Crippen molar-refractivity contribution in [2.75, 3.05) is 0 Å². The Morgan fingerprint density at radius 1 is 0.372 bits per heavy atom. The number of carboxylic acids is 3. The number of unbranched alkanes of at least 4 members (excludes halogenated alkanes) is 15. The van der Waals surface area contributed by atoms with Crippen molar-refractivity contribution in [3.63, 3.8) is 0 Å². The molecular formula is C36H72NdO6. The first kappa shape index (κ1) is 49.6. The summed E-state index contributed by atoms with van der Waals surface area (Å²) >= 11 is 0. The first-order valence-corrected chi connectivity index (χ1v) is 17.2. The maximum absolute atomic E-state index is 10.8. The van der Waals surface area contributed by atoms with Crippen molar-refractivity contribution in [1.82, 2.24) is 0 Å².